The SMILES string of the molecule is C#CCN(C)C(=O)c1cc(C)cc(S(=O)(=O)Cl)c1. The Labute approximate surface area is 111 Å². The number of halogens is 1. The summed E-state index contributed by atoms with van der Waals surface area (Å²) in [5.41, 5.74) is 0.876. The number of benzene rings is 1. The first-order valence-corrected chi connectivity index (χ1v) is 7.32. The summed E-state index contributed by atoms with van der Waals surface area (Å²) in [5.74, 6) is 1.99. The summed E-state index contributed by atoms with van der Waals surface area (Å²) in [6.45, 7) is 1.83. The van der Waals surface area contributed by atoms with Crippen LogP contribution in [0.4, 0.5) is 0 Å². The maximum Gasteiger partial charge on any atom is 0.261 e. The first kappa shape index (κ1) is 14.6. The molecular formula is C12H12ClNO3S. The molecule has 96 valence electrons. The quantitative estimate of drug-likeness (QED) is 0.626. The minimum atomic E-state index is -3.86. The fourth-order valence-corrected chi connectivity index (χ4v) is 2.30. The third kappa shape index (κ3) is 3.49. The van der Waals surface area contributed by atoms with Gasteiger partial charge in [-0.05, 0) is 30.7 Å². The van der Waals surface area contributed by atoms with Gasteiger partial charge in [0.05, 0.1) is 11.4 Å². The van der Waals surface area contributed by atoms with Gasteiger partial charge in [-0.25, -0.2) is 8.42 Å². The Bertz CT molecular complexity index is 617. The molecule has 0 N–H and O–H groups in total. The lowest BCUT2D eigenvalue weighted by molar-refractivity contribution is 0.0812. The van der Waals surface area contributed by atoms with Gasteiger partial charge in [-0.1, -0.05) is 5.92 Å². The number of terminal acetylenes is 1. The van der Waals surface area contributed by atoms with E-state index in [0.29, 0.717) is 5.56 Å². The molecule has 0 aliphatic heterocycles. The zero-order valence-electron chi connectivity index (χ0n) is 9.97. The zero-order valence-corrected chi connectivity index (χ0v) is 11.5. The Balaban J connectivity index is 3.24. The smallest absolute Gasteiger partial charge is 0.261 e. The minimum Gasteiger partial charge on any atom is -0.331 e. The summed E-state index contributed by atoms with van der Waals surface area (Å²) in [7, 11) is 2.95. The van der Waals surface area contributed by atoms with Crippen LogP contribution in [0.3, 0.4) is 0 Å². The molecule has 0 bridgehead atoms. The average molecular weight is 286 g/mol. The molecule has 0 aliphatic carbocycles. The van der Waals surface area contributed by atoms with Crippen molar-refractivity contribution in [3.8, 4) is 12.3 Å². The van der Waals surface area contributed by atoms with Crippen LogP contribution in [0.2, 0.25) is 0 Å². The van der Waals surface area contributed by atoms with Gasteiger partial charge in [0.25, 0.3) is 15.0 Å². The van der Waals surface area contributed by atoms with Gasteiger partial charge in [0.1, 0.15) is 0 Å². The van der Waals surface area contributed by atoms with Crippen LogP contribution in [-0.2, 0) is 9.05 Å². The molecule has 6 heteroatoms. The highest BCUT2D eigenvalue weighted by Gasteiger charge is 2.16. The normalized spacial score (nSPS) is 10.8. The van der Waals surface area contributed by atoms with E-state index in [0.717, 1.165) is 0 Å². The third-order valence-corrected chi connectivity index (χ3v) is 3.59. The summed E-state index contributed by atoms with van der Waals surface area (Å²) >= 11 is 0. The molecule has 0 heterocycles. The second-order valence-corrected chi connectivity index (χ2v) is 6.40. The second-order valence-electron chi connectivity index (χ2n) is 3.84. The lowest BCUT2D eigenvalue weighted by atomic mass is 10.1. The summed E-state index contributed by atoms with van der Waals surface area (Å²) in [5, 5.41) is 0. The number of rotatable bonds is 3. The van der Waals surface area contributed by atoms with Gasteiger partial charge in [0.15, 0.2) is 0 Å². The van der Waals surface area contributed by atoms with Crippen molar-refractivity contribution in [1.82, 2.24) is 4.90 Å². The standard InChI is InChI=1S/C12H12ClNO3S/c1-4-5-14(3)12(15)10-6-9(2)7-11(8-10)18(13,16)17/h1,6-8H,5H2,2-3H3. The van der Waals surface area contributed by atoms with E-state index in [9.17, 15) is 13.2 Å². The summed E-state index contributed by atoms with van der Waals surface area (Å²) in [6, 6.07) is 4.23. The van der Waals surface area contributed by atoms with Gasteiger partial charge >= 0.3 is 0 Å². The van der Waals surface area contributed by atoms with Gasteiger partial charge in [-0.2, -0.15) is 0 Å². The lowest BCUT2D eigenvalue weighted by Crippen LogP contribution is -2.27. The van der Waals surface area contributed by atoms with E-state index >= 15 is 0 Å². The molecule has 0 saturated heterocycles. The van der Waals surface area contributed by atoms with E-state index in [1.165, 1.54) is 17.0 Å². The number of hydrogen-bond acceptors (Lipinski definition) is 3. The topological polar surface area (TPSA) is 54.5 Å². The van der Waals surface area contributed by atoms with Gasteiger partial charge in [-0.3, -0.25) is 4.79 Å². The molecule has 1 aromatic carbocycles. The number of carbonyl (C=O) groups is 1. The van der Waals surface area contributed by atoms with E-state index in [4.69, 9.17) is 17.1 Å². The first-order chi connectivity index (χ1) is 8.25. The largest absolute Gasteiger partial charge is 0.331 e. The molecule has 0 atom stereocenters. The van der Waals surface area contributed by atoms with Crippen molar-refractivity contribution in [1.29, 1.82) is 0 Å². The van der Waals surface area contributed by atoms with Crippen LogP contribution in [0.5, 0.6) is 0 Å². The fourth-order valence-electron chi connectivity index (χ4n) is 1.44. The summed E-state index contributed by atoms with van der Waals surface area (Å²) < 4.78 is 22.5. The van der Waals surface area contributed by atoms with Crippen LogP contribution in [0.1, 0.15) is 15.9 Å². The molecule has 0 radical (unpaired) electrons. The number of carbonyl (C=O) groups excluding carboxylic acids is 1. The predicted octanol–water partition coefficient (Wildman–Crippen LogP) is 1.63. The zero-order chi connectivity index (χ0) is 13.9. The highest BCUT2D eigenvalue weighted by atomic mass is 35.7. The molecule has 0 saturated carbocycles. The third-order valence-electron chi connectivity index (χ3n) is 2.25. The summed E-state index contributed by atoms with van der Waals surface area (Å²) in [6.07, 6.45) is 5.11. The van der Waals surface area contributed by atoms with Gasteiger partial charge in [-0.15, -0.1) is 6.42 Å². The van der Waals surface area contributed by atoms with E-state index in [1.54, 1.807) is 20.0 Å². The van der Waals surface area contributed by atoms with Crippen LogP contribution in [0.25, 0.3) is 0 Å². The van der Waals surface area contributed by atoms with Crippen molar-refractivity contribution >= 4 is 25.6 Å². The molecule has 1 rings (SSSR count). The van der Waals surface area contributed by atoms with Crippen LogP contribution in [0.15, 0.2) is 23.1 Å². The molecule has 18 heavy (non-hydrogen) atoms. The number of amides is 1. The number of aryl methyl sites for hydroxylation is 1. The highest BCUT2D eigenvalue weighted by Crippen LogP contribution is 2.19. The maximum absolute atomic E-state index is 12.0. The van der Waals surface area contributed by atoms with Crippen molar-refractivity contribution in [2.75, 3.05) is 13.6 Å². The van der Waals surface area contributed by atoms with Crippen molar-refractivity contribution in [2.45, 2.75) is 11.8 Å². The molecule has 0 spiro atoms. The Morgan fingerprint density at radius 3 is 2.56 bits per heavy atom. The molecule has 0 aromatic heterocycles. The Morgan fingerprint density at radius 1 is 1.44 bits per heavy atom. The maximum atomic E-state index is 12.0. The van der Waals surface area contributed by atoms with Gasteiger partial charge in [0.2, 0.25) is 0 Å². The van der Waals surface area contributed by atoms with Gasteiger partial charge in [0, 0.05) is 23.3 Å². The van der Waals surface area contributed by atoms with E-state index in [1.807, 2.05) is 0 Å². The highest BCUT2D eigenvalue weighted by molar-refractivity contribution is 8.13. The average Bonchev–Trinajstić information content (AvgIpc) is 2.26. The van der Waals surface area contributed by atoms with E-state index in [2.05, 4.69) is 5.92 Å². The van der Waals surface area contributed by atoms with Crippen molar-refractivity contribution in [2.24, 2.45) is 0 Å². The fraction of sp³-hybridized carbons (Fsp3) is 0.250. The monoisotopic (exact) mass is 285 g/mol. The lowest BCUT2D eigenvalue weighted by Gasteiger charge is -2.14. The van der Waals surface area contributed by atoms with Crippen LogP contribution < -0.4 is 0 Å². The molecule has 4 nitrogen and oxygen atoms in total. The van der Waals surface area contributed by atoms with Gasteiger partial charge < -0.3 is 4.90 Å². The van der Waals surface area contributed by atoms with Crippen molar-refractivity contribution in [3.63, 3.8) is 0 Å². The predicted molar refractivity (Wildman–Crippen MR) is 70.0 cm³/mol. The molecule has 0 aliphatic rings. The second kappa shape index (κ2) is 5.42. The van der Waals surface area contributed by atoms with E-state index in [-0.39, 0.29) is 22.9 Å². The number of nitrogens with zero attached hydrogens (tertiary/aromatic N) is 1. The van der Waals surface area contributed by atoms with Crippen LogP contribution >= 0.6 is 10.7 Å². The molecule has 1 aromatic rings. The Kier molecular flexibility index (Phi) is 4.38. The summed E-state index contributed by atoms with van der Waals surface area (Å²) in [4.78, 5) is 13.2. The van der Waals surface area contributed by atoms with Crippen LogP contribution in [-0.4, -0.2) is 32.8 Å². The van der Waals surface area contributed by atoms with Crippen molar-refractivity contribution in [3.05, 3.63) is 29.3 Å². The Morgan fingerprint density at radius 2 is 2.06 bits per heavy atom. The number of hydrogen-bond donors (Lipinski definition) is 0. The Hall–Kier alpha value is -1.51. The molecular weight excluding hydrogens is 274 g/mol. The van der Waals surface area contributed by atoms with E-state index < -0.39 is 9.05 Å². The molecule has 0 unspecified atom stereocenters. The van der Waals surface area contributed by atoms with Crippen LogP contribution in [0, 0.1) is 19.3 Å². The molecule has 1 amide bonds. The van der Waals surface area contributed by atoms with Crippen molar-refractivity contribution < 1.29 is 13.2 Å². The molecule has 0 fully saturated rings. The minimum absolute atomic E-state index is 0.0957. The first-order valence-electron chi connectivity index (χ1n) is 5.01.